The molecule has 0 bridgehead atoms. The van der Waals surface area contributed by atoms with E-state index in [0.29, 0.717) is 22.2 Å². The van der Waals surface area contributed by atoms with Gasteiger partial charge in [0.05, 0.1) is 29.7 Å². The molecule has 0 saturated carbocycles. The van der Waals surface area contributed by atoms with Crippen LogP contribution in [0.2, 0.25) is 5.02 Å². The number of hydrogen-bond acceptors (Lipinski definition) is 6. The molecule has 0 atom stereocenters. The number of carbonyl (C=O) groups is 1. The van der Waals surface area contributed by atoms with Gasteiger partial charge in [-0.15, -0.1) is 0 Å². The highest BCUT2D eigenvalue weighted by Crippen LogP contribution is 2.27. The number of halogens is 1. The first kappa shape index (κ1) is 20.6. The van der Waals surface area contributed by atoms with Crippen molar-refractivity contribution in [1.29, 1.82) is 0 Å². The predicted octanol–water partition coefficient (Wildman–Crippen LogP) is 3.84. The molecule has 29 heavy (non-hydrogen) atoms. The van der Waals surface area contributed by atoms with Gasteiger partial charge in [0, 0.05) is 11.9 Å². The number of pyridine rings is 1. The molecule has 0 radical (unpaired) electrons. The van der Waals surface area contributed by atoms with Crippen LogP contribution in [-0.2, 0) is 9.84 Å². The van der Waals surface area contributed by atoms with E-state index in [1.165, 1.54) is 44.7 Å². The van der Waals surface area contributed by atoms with Gasteiger partial charge in [0.1, 0.15) is 11.5 Å². The maximum absolute atomic E-state index is 12.7. The zero-order valence-corrected chi connectivity index (χ0v) is 17.1. The Morgan fingerprint density at radius 2 is 1.72 bits per heavy atom. The van der Waals surface area contributed by atoms with Gasteiger partial charge >= 0.3 is 0 Å². The molecule has 0 spiro atoms. The molecule has 7 nitrogen and oxygen atoms in total. The SMILES string of the molecule is COc1ccc(S(=O)(=O)c2ccc(C(=O)Nc3ccc(OC)c(Cl)c3)cn2)cc1. The first-order valence-corrected chi connectivity index (χ1v) is 10.2. The number of carbonyl (C=O) groups excluding carboxylic acids is 1. The van der Waals surface area contributed by atoms with E-state index in [1.807, 2.05) is 0 Å². The van der Waals surface area contributed by atoms with E-state index in [4.69, 9.17) is 21.1 Å². The molecular formula is C20H17ClN2O5S. The van der Waals surface area contributed by atoms with Crippen LogP contribution in [0.3, 0.4) is 0 Å². The van der Waals surface area contributed by atoms with Crippen molar-refractivity contribution in [2.24, 2.45) is 0 Å². The summed E-state index contributed by atoms with van der Waals surface area (Å²) in [6.07, 6.45) is 1.21. The molecule has 0 aliphatic carbocycles. The molecule has 3 aromatic rings. The molecule has 1 aromatic heterocycles. The number of hydrogen-bond donors (Lipinski definition) is 1. The second-order valence-corrected chi connectivity index (χ2v) is 8.17. The molecule has 150 valence electrons. The zero-order valence-electron chi connectivity index (χ0n) is 15.5. The van der Waals surface area contributed by atoms with Crippen molar-refractivity contribution < 1.29 is 22.7 Å². The fourth-order valence-electron chi connectivity index (χ4n) is 2.50. The summed E-state index contributed by atoms with van der Waals surface area (Å²) in [5, 5.41) is 2.86. The monoisotopic (exact) mass is 432 g/mol. The Morgan fingerprint density at radius 1 is 1.00 bits per heavy atom. The lowest BCUT2D eigenvalue weighted by Gasteiger charge is -2.09. The third-order valence-corrected chi connectivity index (χ3v) is 6.03. The zero-order chi connectivity index (χ0) is 21.0. The summed E-state index contributed by atoms with van der Waals surface area (Å²) in [6, 6.07) is 13.5. The van der Waals surface area contributed by atoms with Crippen LogP contribution in [0.5, 0.6) is 11.5 Å². The van der Waals surface area contributed by atoms with Gasteiger partial charge in [-0.1, -0.05) is 11.6 Å². The summed E-state index contributed by atoms with van der Waals surface area (Å²) in [5.41, 5.74) is 0.668. The third-order valence-electron chi connectivity index (χ3n) is 4.05. The average Bonchev–Trinajstić information content (AvgIpc) is 2.74. The number of nitrogens with one attached hydrogen (secondary N) is 1. The van der Waals surface area contributed by atoms with Crippen molar-refractivity contribution in [2.45, 2.75) is 9.92 Å². The lowest BCUT2D eigenvalue weighted by atomic mass is 10.2. The van der Waals surface area contributed by atoms with Crippen LogP contribution in [0.25, 0.3) is 0 Å². The molecule has 3 rings (SSSR count). The maximum Gasteiger partial charge on any atom is 0.257 e. The molecule has 0 saturated heterocycles. The minimum absolute atomic E-state index is 0.0795. The van der Waals surface area contributed by atoms with Gasteiger partial charge < -0.3 is 14.8 Å². The van der Waals surface area contributed by atoms with Crippen LogP contribution in [0.4, 0.5) is 5.69 Å². The maximum atomic E-state index is 12.7. The molecule has 0 aliphatic rings. The highest BCUT2D eigenvalue weighted by atomic mass is 35.5. The molecule has 1 N–H and O–H groups in total. The van der Waals surface area contributed by atoms with Crippen molar-refractivity contribution in [1.82, 2.24) is 4.98 Å². The van der Waals surface area contributed by atoms with Crippen LogP contribution in [0.1, 0.15) is 10.4 Å². The number of rotatable bonds is 6. The average molecular weight is 433 g/mol. The summed E-state index contributed by atoms with van der Waals surface area (Å²) < 4.78 is 35.4. The van der Waals surface area contributed by atoms with Crippen molar-refractivity contribution in [3.8, 4) is 11.5 Å². The van der Waals surface area contributed by atoms with Crippen LogP contribution in [-0.4, -0.2) is 33.5 Å². The summed E-state index contributed by atoms with van der Waals surface area (Å²) in [4.78, 5) is 16.4. The molecule has 1 amide bonds. The summed E-state index contributed by atoms with van der Waals surface area (Å²) in [7, 11) is -0.821. The third kappa shape index (κ3) is 4.49. The molecular weight excluding hydrogens is 416 g/mol. The highest BCUT2D eigenvalue weighted by molar-refractivity contribution is 7.91. The lowest BCUT2D eigenvalue weighted by Crippen LogP contribution is -2.13. The number of aromatic nitrogens is 1. The molecule has 0 fully saturated rings. The van der Waals surface area contributed by atoms with Gasteiger partial charge in [0.25, 0.3) is 5.91 Å². The topological polar surface area (TPSA) is 94.6 Å². The molecule has 9 heteroatoms. The van der Waals surface area contributed by atoms with Crippen molar-refractivity contribution in [2.75, 3.05) is 19.5 Å². The Bertz CT molecular complexity index is 1130. The number of methoxy groups -OCH3 is 2. The minimum Gasteiger partial charge on any atom is -0.497 e. The van der Waals surface area contributed by atoms with Gasteiger partial charge in [0.15, 0.2) is 5.03 Å². The van der Waals surface area contributed by atoms with Gasteiger partial charge in [0.2, 0.25) is 9.84 Å². The standard InChI is InChI=1S/C20H17ClN2O5S/c1-27-15-5-7-16(8-6-15)29(25,26)19-10-3-13(12-22-19)20(24)23-14-4-9-18(28-2)17(21)11-14/h3-12H,1-2H3,(H,23,24). The van der Waals surface area contributed by atoms with E-state index in [9.17, 15) is 13.2 Å². The van der Waals surface area contributed by atoms with Crippen LogP contribution >= 0.6 is 11.6 Å². The van der Waals surface area contributed by atoms with Crippen molar-refractivity contribution in [3.63, 3.8) is 0 Å². The van der Waals surface area contributed by atoms with Crippen molar-refractivity contribution >= 4 is 33.0 Å². The Balaban J connectivity index is 1.78. The fourth-order valence-corrected chi connectivity index (χ4v) is 3.93. The molecule has 0 unspecified atom stereocenters. The quantitative estimate of drug-likeness (QED) is 0.636. The van der Waals surface area contributed by atoms with E-state index in [0.717, 1.165) is 0 Å². The Morgan fingerprint density at radius 3 is 2.28 bits per heavy atom. The first-order valence-electron chi connectivity index (χ1n) is 8.35. The second-order valence-electron chi connectivity index (χ2n) is 5.87. The summed E-state index contributed by atoms with van der Waals surface area (Å²) >= 11 is 6.04. The molecule has 1 heterocycles. The second kappa shape index (κ2) is 8.50. The van der Waals surface area contributed by atoms with Crippen LogP contribution in [0.15, 0.2) is 70.7 Å². The van der Waals surface area contributed by atoms with Gasteiger partial charge in [-0.3, -0.25) is 4.79 Å². The van der Waals surface area contributed by atoms with Crippen LogP contribution < -0.4 is 14.8 Å². The van der Waals surface area contributed by atoms with Gasteiger partial charge in [-0.05, 0) is 54.6 Å². The number of sulfone groups is 1. The fraction of sp³-hybridized carbons (Fsp3) is 0.100. The number of nitrogens with zero attached hydrogens (tertiary/aromatic N) is 1. The highest BCUT2D eigenvalue weighted by Gasteiger charge is 2.20. The van der Waals surface area contributed by atoms with E-state index >= 15 is 0 Å². The molecule has 0 aliphatic heterocycles. The molecule has 2 aromatic carbocycles. The number of ether oxygens (including phenoxy) is 2. The minimum atomic E-state index is -3.81. The predicted molar refractivity (Wildman–Crippen MR) is 109 cm³/mol. The van der Waals surface area contributed by atoms with E-state index in [-0.39, 0.29) is 15.5 Å². The van der Waals surface area contributed by atoms with Gasteiger partial charge in [-0.25, -0.2) is 13.4 Å². The summed E-state index contributed by atoms with van der Waals surface area (Å²) in [6.45, 7) is 0. The van der Waals surface area contributed by atoms with E-state index in [1.54, 1.807) is 30.3 Å². The normalized spacial score (nSPS) is 11.0. The Labute approximate surface area is 173 Å². The van der Waals surface area contributed by atoms with Gasteiger partial charge in [-0.2, -0.15) is 0 Å². The van der Waals surface area contributed by atoms with Crippen LogP contribution in [0, 0.1) is 0 Å². The van der Waals surface area contributed by atoms with E-state index < -0.39 is 15.7 Å². The van der Waals surface area contributed by atoms with Crippen molar-refractivity contribution in [3.05, 3.63) is 71.4 Å². The number of benzene rings is 2. The first-order chi connectivity index (χ1) is 13.8. The number of anilines is 1. The smallest absolute Gasteiger partial charge is 0.257 e. The lowest BCUT2D eigenvalue weighted by molar-refractivity contribution is 0.102. The largest absolute Gasteiger partial charge is 0.497 e. The van der Waals surface area contributed by atoms with E-state index in [2.05, 4.69) is 10.3 Å². The summed E-state index contributed by atoms with van der Waals surface area (Å²) in [5.74, 6) is 0.578. The Hall–Kier alpha value is -3.10. The Kier molecular flexibility index (Phi) is 6.05. The number of amides is 1.